The van der Waals surface area contributed by atoms with Gasteiger partial charge in [-0.15, -0.1) is 0 Å². The molecule has 0 saturated heterocycles. The number of benzene rings is 1. The SMILES string of the molecule is CCOc1ccc(C(=O)NN=Cc2ccc([N+](=O)[O-])s2)cc1. The number of hydrogen-bond acceptors (Lipinski definition) is 6. The van der Waals surface area contributed by atoms with Crippen LogP contribution in [0.3, 0.4) is 0 Å². The van der Waals surface area contributed by atoms with Crippen LogP contribution in [0.5, 0.6) is 5.75 Å². The van der Waals surface area contributed by atoms with E-state index < -0.39 is 4.92 Å². The third-order valence-electron chi connectivity index (χ3n) is 2.58. The Balaban J connectivity index is 1.93. The van der Waals surface area contributed by atoms with Crippen molar-refractivity contribution in [2.24, 2.45) is 5.10 Å². The minimum atomic E-state index is -0.472. The standard InChI is InChI=1S/C14H13N3O4S/c1-2-21-11-5-3-10(4-6-11)14(18)16-15-9-12-7-8-13(22-12)17(19)20/h3-9H,2H2,1H3,(H,16,18). The van der Waals surface area contributed by atoms with Crippen molar-refractivity contribution in [2.45, 2.75) is 6.92 Å². The van der Waals surface area contributed by atoms with E-state index in [1.807, 2.05) is 6.92 Å². The lowest BCUT2D eigenvalue weighted by Gasteiger charge is -2.03. The summed E-state index contributed by atoms with van der Waals surface area (Å²) in [4.78, 5) is 22.5. The maximum atomic E-state index is 11.8. The highest BCUT2D eigenvalue weighted by molar-refractivity contribution is 7.16. The smallest absolute Gasteiger partial charge is 0.324 e. The molecule has 1 heterocycles. The van der Waals surface area contributed by atoms with Gasteiger partial charge in [-0.05, 0) is 37.3 Å². The number of nitro groups is 1. The molecule has 1 aromatic heterocycles. The van der Waals surface area contributed by atoms with Crippen molar-refractivity contribution in [3.8, 4) is 5.75 Å². The number of ether oxygens (including phenoxy) is 1. The van der Waals surface area contributed by atoms with E-state index in [1.54, 1.807) is 30.3 Å². The van der Waals surface area contributed by atoms with Crippen LogP contribution in [0.1, 0.15) is 22.2 Å². The number of carbonyl (C=O) groups is 1. The zero-order chi connectivity index (χ0) is 15.9. The minimum Gasteiger partial charge on any atom is -0.494 e. The van der Waals surface area contributed by atoms with Gasteiger partial charge in [-0.25, -0.2) is 5.43 Å². The van der Waals surface area contributed by atoms with Gasteiger partial charge in [-0.3, -0.25) is 14.9 Å². The zero-order valence-corrected chi connectivity index (χ0v) is 12.5. The quantitative estimate of drug-likeness (QED) is 0.503. The van der Waals surface area contributed by atoms with Crippen molar-refractivity contribution >= 4 is 28.5 Å². The Morgan fingerprint density at radius 2 is 2.09 bits per heavy atom. The van der Waals surface area contributed by atoms with Crippen LogP contribution in [-0.2, 0) is 0 Å². The van der Waals surface area contributed by atoms with Crippen LogP contribution in [0.15, 0.2) is 41.5 Å². The van der Waals surface area contributed by atoms with Crippen molar-refractivity contribution in [3.63, 3.8) is 0 Å². The average Bonchev–Trinajstić information content (AvgIpc) is 2.97. The molecule has 0 spiro atoms. The van der Waals surface area contributed by atoms with E-state index in [-0.39, 0.29) is 10.9 Å². The summed E-state index contributed by atoms with van der Waals surface area (Å²) in [7, 11) is 0. The summed E-state index contributed by atoms with van der Waals surface area (Å²) in [6, 6.07) is 9.61. The molecule has 2 aromatic rings. The number of rotatable bonds is 6. The van der Waals surface area contributed by atoms with E-state index in [0.717, 1.165) is 11.3 Å². The topological polar surface area (TPSA) is 93.8 Å². The summed E-state index contributed by atoms with van der Waals surface area (Å²) in [6.07, 6.45) is 1.37. The molecular formula is C14H13N3O4S. The first-order valence-electron chi connectivity index (χ1n) is 6.40. The van der Waals surface area contributed by atoms with Crippen LogP contribution in [0.25, 0.3) is 0 Å². The molecular weight excluding hydrogens is 306 g/mol. The molecule has 1 N–H and O–H groups in total. The van der Waals surface area contributed by atoms with Gasteiger partial charge in [0.15, 0.2) is 0 Å². The predicted molar refractivity (Wildman–Crippen MR) is 83.6 cm³/mol. The summed E-state index contributed by atoms with van der Waals surface area (Å²) >= 11 is 0.980. The molecule has 0 saturated carbocycles. The monoisotopic (exact) mass is 319 g/mol. The lowest BCUT2D eigenvalue weighted by atomic mass is 10.2. The molecule has 0 bridgehead atoms. The summed E-state index contributed by atoms with van der Waals surface area (Å²) in [5, 5.41) is 14.4. The van der Waals surface area contributed by atoms with Crippen molar-refractivity contribution in [2.75, 3.05) is 6.61 Å². The summed E-state index contributed by atoms with van der Waals surface area (Å²) in [6.45, 7) is 2.44. The molecule has 0 radical (unpaired) electrons. The van der Waals surface area contributed by atoms with Crippen LogP contribution in [0.2, 0.25) is 0 Å². The zero-order valence-electron chi connectivity index (χ0n) is 11.7. The first-order valence-corrected chi connectivity index (χ1v) is 7.22. The molecule has 1 aromatic carbocycles. The third-order valence-corrected chi connectivity index (χ3v) is 3.55. The van der Waals surface area contributed by atoms with Crippen molar-refractivity contribution < 1.29 is 14.5 Å². The molecule has 8 heteroatoms. The fourth-order valence-corrected chi connectivity index (χ4v) is 2.29. The van der Waals surface area contributed by atoms with Crippen LogP contribution in [0, 0.1) is 10.1 Å². The summed E-state index contributed by atoms with van der Waals surface area (Å²) in [5.41, 5.74) is 2.81. The van der Waals surface area contributed by atoms with Crippen LogP contribution in [-0.4, -0.2) is 23.7 Å². The van der Waals surface area contributed by atoms with Crippen molar-refractivity contribution in [1.82, 2.24) is 5.43 Å². The summed E-state index contributed by atoms with van der Waals surface area (Å²) < 4.78 is 5.29. The average molecular weight is 319 g/mol. The van der Waals surface area contributed by atoms with E-state index in [9.17, 15) is 14.9 Å². The number of nitrogens with zero attached hydrogens (tertiary/aromatic N) is 2. The van der Waals surface area contributed by atoms with Gasteiger partial charge < -0.3 is 4.74 Å². The Labute approximate surface area is 130 Å². The van der Waals surface area contributed by atoms with Crippen LogP contribution < -0.4 is 10.2 Å². The Morgan fingerprint density at radius 1 is 1.36 bits per heavy atom. The molecule has 7 nitrogen and oxygen atoms in total. The lowest BCUT2D eigenvalue weighted by Crippen LogP contribution is -2.17. The first-order chi connectivity index (χ1) is 10.6. The second kappa shape index (κ2) is 7.32. The van der Waals surface area contributed by atoms with E-state index in [2.05, 4.69) is 10.5 Å². The van der Waals surface area contributed by atoms with Crippen molar-refractivity contribution in [1.29, 1.82) is 0 Å². The molecule has 1 amide bonds. The van der Waals surface area contributed by atoms with Gasteiger partial charge in [0.1, 0.15) is 5.75 Å². The number of carbonyl (C=O) groups excluding carboxylic acids is 1. The third kappa shape index (κ3) is 4.13. The van der Waals surface area contributed by atoms with Gasteiger partial charge in [0.05, 0.1) is 22.6 Å². The fraction of sp³-hybridized carbons (Fsp3) is 0.143. The minimum absolute atomic E-state index is 0.0271. The molecule has 0 atom stereocenters. The molecule has 0 aliphatic carbocycles. The maximum Gasteiger partial charge on any atom is 0.324 e. The molecule has 0 aliphatic rings. The van der Waals surface area contributed by atoms with Gasteiger partial charge in [0.2, 0.25) is 0 Å². The highest BCUT2D eigenvalue weighted by Crippen LogP contribution is 2.22. The molecule has 114 valence electrons. The molecule has 0 aliphatic heterocycles. The second-order valence-electron chi connectivity index (χ2n) is 4.09. The van der Waals surface area contributed by atoms with Gasteiger partial charge in [-0.2, -0.15) is 5.10 Å². The lowest BCUT2D eigenvalue weighted by molar-refractivity contribution is -0.380. The fourth-order valence-electron chi connectivity index (χ4n) is 1.60. The Morgan fingerprint density at radius 3 is 2.68 bits per heavy atom. The number of nitrogens with one attached hydrogen (secondary N) is 1. The van der Waals surface area contributed by atoms with E-state index in [0.29, 0.717) is 22.8 Å². The summed E-state index contributed by atoms with van der Waals surface area (Å²) in [5.74, 6) is 0.318. The Kier molecular flexibility index (Phi) is 5.21. The van der Waals surface area contributed by atoms with Crippen LogP contribution in [0.4, 0.5) is 5.00 Å². The van der Waals surface area contributed by atoms with Gasteiger partial charge >= 0.3 is 5.00 Å². The van der Waals surface area contributed by atoms with Crippen LogP contribution >= 0.6 is 11.3 Å². The Bertz CT molecular complexity index is 694. The molecule has 22 heavy (non-hydrogen) atoms. The number of hydrazone groups is 1. The maximum absolute atomic E-state index is 11.8. The molecule has 2 rings (SSSR count). The number of amides is 1. The van der Waals surface area contributed by atoms with E-state index >= 15 is 0 Å². The van der Waals surface area contributed by atoms with E-state index in [1.165, 1.54) is 12.3 Å². The van der Waals surface area contributed by atoms with Crippen molar-refractivity contribution in [3.05, 3.63) is 57.0 Å². The highest BCUT2D eigenvalue weighted by atomic mass is 32.1. The van der Waals surface area contributed by atoms with Gasteiger partial charge in [0, 0.05) is 11.6 Å². The second-order valence-corrected chi connectivity index (χ2v) is 5.18. The number of thiophene rings is 1. The number of hydrogen-bond donors (Lipinski definition) is 1. The Hall–Kier alpha value is -2.74. The molecule has 0 fully saturated rings. The largest absolute Gasteiger partial charge is 0.494 e. The predicted octanol–water partition coefficient (Wildman–Crippen LogP) is 2.82. The first kappa shape index (κ1) is 15.6. The normalized spacial score (nSPS) is 10.6. The van der Waals surface area contributed by atoms with Gasteiger partial charge in [0.25, 0.3) is 5.91 Å². The molecule has 0 unspecified atom stereocenters. The van der Waals surface area contributed by atoms with E-state index in [4.69, 9.17) is 4.74 Å². The highest BCUT2D eigenvalue weighted by Gasteiger charge is 2.08. The van der Waals surface area contributed by atoms with Gasteiger partial charge in [-0.1, -0.05) is 11.3 Å².